The van der Waals surface area contributed by atoms with Gasteiger partial charge in [0.15, 0.2) is 0 Å². The fraction of sp³-hybridized carbons (Fsp3) is 0.562. The number of hydrogen-bond acceptors (Lipinski definition) is 3. The Labute approximate surface area is 146 Å². The van der Waals surface area contributed by atoms with E-state index >= 15 is 0 Å². The quantitative estimate of drug-likeness (QED) is 0.810. The highest BCUT2D eigenvalue weighted by molar-refractivity contribution is 9.10. The Kier molecular flexibility index (Phi) is 7.83. The molecule has 1 atom stereocenters. The van der Waals surface area contributed by atoms with E-state index in [4.69, 9.17) is 10.5 Å². The van der Waals surface area contributed by atoms with Crippen LogP contribution in [0.5, 0.6) is 0 Å². The molecule has 0 saturated carbocycles. The Morgan fingerprint density at radius 1 is 1.36 bits per heavy atom. The van der Waals surface area contributed by atoms with E-state index in [1.165, 1.54) is 0 Å². The zero-order valence-electron chi connectivity index (χ0n) is 12.8. The first-order valence-electron chi connectivity index (χ1n) is 7.49. The lowest BCUT2D eigenvalue weighted by Crippen LogP contribution is -2.54. The summed E-state index contributed by atoms with van der Waals surface area (Å²) in [6.45, 7) is 3.34. The molecule has 22 heavy (non-hydrogen) atoms. The largest absolute Gasteiger partial charge is 0.381 e. The molecule has 1 aliphatic heterocycles. The third kappa shape index (κ3) is 4.69. The third-order valence-corrected chi connectivity index (χ3v) is 4.57. The molecule has 1 saturated heterocycles. The van der Waals surface area contributed by atoms with E-state index in [0.29, 0.717) is 19.6 Å². The van der Waals surface area contributed by atoms with E-state index in [-0.39, 0.29) is 23.9 Å². The van der Waals surface area contributed by atoms with Gasteiger partial charge in [0.1, 0.15) is 0 Å². The van der Waals surface area contributed by atoms with E-state index in [1.807, 2.05) is 19.1 Å². The molecular weight excluding hydrogens is 368 g/mol. The van der Waals surface area contributed by atoms with Crippen molar-refractivity contribution in [1.82, 2.24) is 5.32 Å². The van der Waals surface area contributed by atoms with E-state index in [1.54, 1.807) is 0 Å². The number of benzene rings is 1. The van der Waals surface area contributed by atoms with Crippen LogP contribution < -0.4 is 11.1 Å². The van der Waals surface area contributed by atoms with Crippen LogP contribution in [-0.2, 0) is 15.1 Å². The molecular formula is C16H24BrClN2O2. The smallest absolute Gasteiger partial charge is 0.237 e. The molecule has 124 valence electrons. The van der Waals surface area contributed by atoms with Crippen LogP contribution in [0, 0.1) is 0 Å². The van der Waals surface area contributed by atoms with Crippen molar-refractivity contribution in [1.29, 1.82) is 0 Å². The SMILES string of the molecule is CCCC(N)C(=O)NC1(c2ccc(Br)cc2)CCOCC1.Cl. The number of nitrogens with one attached hydrogen (secondary N) is 1. The molecule has 1 amide bonds. The lowest BCUT2D eigenvalue weighted by atomic mass is 9.82. The number of rotatable bonds is 5. The fourth-order valence-electron chi connectivity index (χ4n) is 2.75. The van der Waals surface area contributed by atoms with Gasteiger partial charge in [0.25, 0.3) is 0 Å². The molecule has 6 heteroatoms. The van der Waals surface area contributed by atoms with Gasteiger partial charge in [-0.2, -0.15) is 0 Å². The average Bonchev–Trinajstić information content (AvgIpc) is 2.49. The standard InChI is InChI=1S/C16H23BrN2O2.ClH/c1-2-3-14(18)15(20)19-16(8-10-21-11-9-16)12-4-6-13(17)7-5-12;/h4-7,14H,2-3,8-11,18H2,1H3,(H,19,20);1H. The van der Waals surface area contributed by atoms with Crippen molar-refractivity contribution in [2.75, 3.05) is 13.2 Å². The van der Waals surface area contributed by atoms with Crippen molar-refractivity contribution >= 4 is 34.2 Å². The molecule has 0 aliphatic carbocycles. The van der Waals surface area contributed by atoms with Crippen molar-refractivity contribution in [3.05, 3.63) is 34.3 Å². The molecule has 4 nitrogen and oxygen atoms in total. The monoisotopic (exact) mass is 390 g/mol. The summed E-state index contributed by atoms with van der Waals surface area (Å²) in [6, 6.07) is 7.68. The van der Waals surface area contributed by atoms with Crippen LogP contribution in [0.3, 0.4) is 0 Å². The minimum atomic E-state index is -0.440. The fourth-order valence-corrected chi connectivity index (χ4v) is 3.01. The molecule has 3 N–H and O–H groups in total. The van der Waals surface area contributed by atoms with Crippen molar-refractivity contribution in [3.63, 3.8) is 0 Å². The number of amides is 1. The van der Waals surface area contributed by atoms with E-state index in [0.717, 1.165) is 29.3 Å². The first-order valence-corrected chi connectivity index (χ1v) is 8.28. The lowest BCUT2D eigenvalue weighted by molar-refractivity contribution is -0.126. The molecule has 0 radical (unpaired) electrons. The Morgan fingerprint density at radius 2 is 1.95 bits per heavy atom. The second-order valence-corrected chi connectivity index (χ2v) is 6.50. The molecule has 2 rings (SSSR count). The number of carbonyl (C=O) groups is 1. The average molecular weight is 392 g/mol. The molecule has 1 aliphatic rings. The third-order valence-electron chi connectivity index (χ3n) is 4.04. The van der Waals surface area contributed by atoms with Crippen LogP contribution in [-0.4, -0.2) is 25.2 Å². The van der Waals surface area contributed by atoms with Crippen LogP contribution in [0.4, 0.5) is 0 Å². The van der Waals surface area contributed by atoms with Crippen LogP contribution in [0.15, 0.2) is 28.7 Å². The summed E-state index contributed by atoms with van der Waals surface area (Å²) in [6.07, 6.45) is 3.17. The van der Waals surface area contributed by atoms with Crippen molar-refractivity contribution in [2.24, 2.45) is 5.73 Å². The molecule has 1 unspecified atom stereocenters. The summed E-state index contributed by atoms with van der Waals surface area (Å²) < 4.78 is 6.50. The molecule has 1 aromatic rings. The van der Waals surface area contributed by atoms with E-state index in [9.17, 15) is 4.79 Å². The lowest BCUT2D eigenvalue weighted by Gasteiger charge is -2.39. The summed E-state index contributed by atoms with van der Waals surface area (Å²) >= 11 is 3.45. The highest BCUT2D eigenvalue weighted by atomic mass is 79.9. The number of ether oxygens (including phenoxy) is 1. The molecule has 1 heterocycles. The minimum Gasteiger partial charge on any atom is -0.381 e. The van der Waals surface area contributed by atoms with Crippen LogP contribution in [0.2, 0.25) is 0 Å². The zero-order valence-corrected chi connectivity index (χ0v) is 15.2. The second kappa shape index (κ2) is 8.87. The summed E-state index contributed by atoms with van der Waals surface area (Å²) in [4.78, 5) is 12.4. The maximum absolute atomic E-state index is 12.4. The minimum absolute atomic E-state index is 0. The van der Waals surface area contributed by atoms with Gasteiger partial charge in [-0.1, -0.05) is 41.4 Å². The number of nitrogens with two attached hydrogens (primary N) is 1. The van der Waals surface area contributed by atoms with Crippen molar-refractivity contribution in [2.45, 2.75) is 44.2 Å². The van der Waals surface area contributed by atoms with Gasteiger partial charge in [0, 0.05) is 17.7 Å². The molecule has 1 aromatic carbocycles. The van der Waals surface area contributed by atoms with Crippen molar-refractivity contribution < 1.29 is 9.53 Å². The second-order valence-electron chi connectivity index (χ2n) is 5.59. The molecule has 0 aromatic heterocycles. The topological polar surface area (TPSA) is 64.4 Å². The van der Waals surface area contributed by atoms with Gasteiger partial charge < -0.3 is 15.8 Å². The Bertz CT molecular complexity index is 476. The molecule has 1 fully saturated rings. The zero-order chi connectivity index (χ0) is 15.3. The van der Waals surface area contributed by atoms with Gasteiger partial charge in [-0.3, -0.25) is 4.79 Å². The Morgan fingerprint density at radius 3 is 2.50 bits per heavy atom. The van der Waals surface area contributed by atoms with Crippen LogP contribution in [0.25, 0.3) is 0 Å². The Hall–Kier alpha value is -0.620. The van der Waals surface area contributed by atoms with Gasteiger partial charge in [-0.05, 0) is 37.0 Å². The predicted octanol–water partition coefficient (Wildman–Crippen LogP) is 3.12. The maximum Gasteiger partial charge on any atom is 0.237 e. The summed E-state index contributed by atoms with van der Waals surface area (Å²) in [5.41, 5.74) is 6.71. The summed E-state index contributed by atoms with van der Waals surface area (Å²) in [5.74, 6) is -0.0679. The maximum atomic E-state index is 12.4. The number of carbonyl (C=O) groups excluding carboxylic acids is 1. The number of halogens is 2. The van der Waals surface area contributed by atoms with Gasteiger partial charge in [-0.25, -0.2) is 0 Å². The van der Waals surface area contributed by atoms with Crippen LogP contribution in [0.1, 0.15) is 38.2 Å². The number of hydrogen-bond donors (Lipinski definition) is 2. The van der Waals surface area contributed by atoms with Gasteiger partial charge >= 0.3 is 0 Å². The highest BCUT2D eigenvalue weighted by Gasteiger charge is 2.36. The van der Waals surface area contributed by atoms with E-state index in [2.05, 4.69) is 33.4 Å². The Balaban J connectivity index is 0.00000242. The first kappa shape index (κ1) is 19.4. The van der Waals surface area contributed by atoms with Gasteiger partial charge in [0.05, 0.1) is 11.6 Å². The summed E-state index contributed by atoms with van der Waals surface area (Å²) in [5, 5.41) is 3.19. The van der Waals surface area contributed by atoms with Crippen molar-refractivity contribution in [3.8, 4) is 0 Å². The normalized spacial score (nSPS) is 18.1. The van der Waals surface area contributed by atoms with Crippen LogP contribution >= 0.6 is 28.3 Å². The first-order chi connectivity index (χ1) is 10.1. The highest BCUT2D eigenvalue weighted by Crippen LogP contribution is 2.33. The molecule has 0 bridgehead atoms. The van der Waals surface area contributed by atoms with Gasteiger partial charge in [-0.15, -0.1) is 12.4 Å². The predicted molar refractivity (Wildman–Crippen MR) is 94.1 cm³/mol. The molecule has 0 spiro atoms. The summed E-state index contributed by atoms with van der Waals surface area (Å²) in [7, 11) is 0. The van der Waals surface area contributed by atoms with Gasteiger partial charge in [0.2, 0.25) is 5.91 Å². The van der Waals surface area contributed by atoms with E-state index < -0.39 is 6.04 Å².